The van der Waals surface area contributed by atoms with E-state index in [0.717, 1.165) is 12.2 Å². The fourth-order valence-corrected chi connectivity index (χ4v) is 1.37. The number of rotatable bonds is 0. The Balaban J connectivity index is 2.68. The summed E-state index contributed by atoms with van der Waals surface area (Å²) < 4.78 is 1.58. The van der Waals surface area contributed by atoms with Crippen molar-refractivity contribution in [1.82, 2.24) is 14.9 Å². The van der Waals surface area contributed by atoms with Crippen molar-refractivity contribution < 1.29 is 0 Å². The Bertz CT molecular complexity index is 404. The first-order valence-corrected chi connectivity index (χ1v) is 3.81. The van der Waals surface area contributed by atoms with Gasteiger partial charge in [0.1, 0.15) is 0 Å². The molecule has 0 radical (unpaired) electrons. The zero-order valence-electron chi connectivity index (χ0n) is 6.46. The third kappa shape index (κ3) is 1.08. The molecule has 0 saturated heterocycles. The molecule has 64 valence electrons. The molecule has 0 spiro atoms. The van der Waals surface area contributed by atoms with Crippen molar-refractivity contribution in [2.45, 2.75) is 13.1 Å². The zero-order valence-corrected chi connectivity index (χ0v) is 6.46. The second-order valence-electron chi connectivity index (χ2n) is 2.76. The molecule has 2 heterocycles. The van der Waals surface area contributed by atoms with Crippen molar-refractivity contribution in [3.05, 3.63) is 32.6 Å². The molecule has 1 aliphatic heterocycles. The molecule has 0 aliphatic carbocycles. The van der Waals surface area contributed by atoms with Gasteiger partial charge in [-0.25, -0.2) is 4.79 Å². The molecule has 0 saturated carbocycles. The van der Waals surface area contributed by atoms with E-state index < -0.39 is 0 Å². The lowest BCUT2D eigenvalue weighted by Gasteiger charge is -2.17. The lowest BCUT2D eigenvalue weighted by Crippen LogP contribution is -2.40. The molecule has 0 amide bonds. The van der Waals surface area contributed by atoms with Crippen molar-refractivity contribution in [2.75, 3.05) is 6.54 Å². The first-order valence-electron chi connectivity index (χ1n) is 3.81. The van der Waals surface area contributed by atoms with Crippen LogP contribution in [0.3, 0.4) is 0 Å². The quantitative estimate of drug-likeness (QED) is 0.501. The number of H-pyrrole nitrogens is 1. The summed E-state index contributed by atoms with van der Waals surface area (Å²) in [5.41, 5.74) is 0.129. The maximum absolute atomic E-state index is 11.2. The number of aromatic nitrogens is 2. The number of hydrogen-bond donors (Lipinski definition) is 2. The van der Waals surface area contributed by atoms with Crippen molar-refractivity contribution in [3.63, 3.8) is 0 Å². The Morgan fingerprint density at radius 3 is 3.08 bits per heavy atom. The number of fused-ring (bicyclic) bond motifs is 1. The number of nitrogens with zero attached hydrogens (tertiary/aromatic N) is 1. The topological polar surface area (TPSA) is 66.9 Å². The summed E-state index contributed by atoms with van der Waals surface area (Å²) in [5.74, 6) is 0. The van der Waals surface area contributed by atoms with Crippen molar-refractivity contribution >= 4 is 0 Å². The molecule has 0 bridgehead atoms. The molecule has 1 aromatic heterocycles. The average molecular weight is 167 g/mol. The lowest BCUT2D eigenvalue weighted by atomic mass is 10.3. The van der Waals surface area contributed by atoms with E-state index in [-0.39, 0.29) is 11.2 Å². The highest BCUT2D eigenvalue weighted by Gasteiger charge is 2.09. The second-order valence-corrected chi connectivity index (χ2v) is 2.76. The Morgan fingerprint density at radius 1 is 1.42 bits per heavy atom. The van der Waals surface area contributed by atoms with Crippen LogP contribution in [0.4, 0.5) is 0 Å². The molecule has 5 nitrogen and oxygen atoms in total. The molecule has 0 atom stereocenters. The highest BCUT2D eigenvalue weighted by atomic mass is 16.2. The number of aromatic amines is 1. The Hall–Kier alpha value is -1.36. The van der Waals surface area contributed by atoms with E-state index in [4.69, 9.17) is 0 Å². The monoisotopic (exact) mass is 167 g/mol. The summed E-state index contributed by atoms with van der Waals surface area (Å²) >= 11 is 0. The van der Waals surface area contributed by atoms with Gasteiger partial charge in [0.2, 0.25) is 0 Å². The number of hydrogen-bond acceptors (Lipinski definition) is 3. The molecule has 2 N–H and O–H groups in total. The zero-order chi connectivity index (χ0) is 8.55. The van der Waals surface area contributed by atoms with Gasteiger partial charge >= 0.3 is 5.69 Å². The van der Waals surface area contributed by atoms with Crippen molar-refractivity contribution in [1.29, 1.82) is 0 Å². The van der Waals surface area contributed by atoms with Gasteiger partial charge in [0.05, 0.1) is 0 Å². The van der Waals surface area contributed by atoms with Crippen LogP contribution >= 0.6 is 0 Å². The maximum atomic E-state index is 11.2. The summed E-state index contributed by atoms with van der Waals surface area (Å²) in [6.07, 6.45) is 0. The predicted molar refractivity (Wildman–Crippen MR) is 43.0 cm³/mol. The van der Waals surface area contributed by atoms with Crippen LogP contribution in [-0.2, 0) is 13.1 Å². The molecule has 0 unspecified atom stereocenters. The smallest absolute Gasteiger partial charge is 0.309 e. The third-order valence-electron chi connectivity index (χ3n) is 1.94. The minimum atomic E-state index is -0.324. The molecule has 0 aromatic carbocycles. The third-order valence-corrected chi connectivity index (χ3v) is 1.94. The Labute approximate surface area is 68.0 Å². The summed E-state index contributed by atoms with van der Waals surface area (Å²) in [6, 6.07) is 1.45. The fraction of sp³-hybridized carbons (Fsp3) is 0.429. The molecule has 1 aromatic rings. The standard InChI is InChI=1S/C7H9N3O2/c11-6-3-5-4-8-1-2-10(5)7(12)9-6/h3,8H,1-2,4H2,(H,9,11,12). The largest absolute Gasteiger partial charge is 0.328 e. The van der Waals surface area contributed by atoms with Crippen LogP contribution < -0.4 is 16.6 Å². The minimum Gasteiger partial charge on any atom is -0.309 e. The van der Waals surface area contributed by atoms with Gasteiger partial charge in [0.15, 0.2) is 0 Å². The van der Waals surface area contributed by atoms with Gasteiger partial charge in [-0.05, 0) is 0 Å². The van der Waals surface area contributed by atoms with E-state index in [1.165, 1.54) is 6.07 Å². The van der Waals surface area contributed by atoms with Gasteiger partial charge in [-0.2, -0.15) is 0 Å². The summed E-state index contributed by atoms with van der Waals surface area (Å²) in [6.45, 7) is 2.00. The Kier molecular flexibility index (Phi) is 1.58. The average Bonchev–Trinajstić information content (AvgIpc) is 2.04. The van der Waals surface area contributed by atoms with E-state index >= 15 is 0 Å². The normalized spacial score (nSPS) is 15.7. The molecule has 0 fully saturated rings. The van der Waals surface area contributed by atoms with Gasteiger partial charge in [-0.3, -0.25) is 14.3 Å². The van der Waals surface area contributed by atoms with Crippen LogP contribution in [0, 0.1) is 0 Å². The maximum Gasteiger partial charge on any atom is 0.328 e. The first kappa shape index (κ1) is 7.30. The highest BCUT2D eigenvalue weighted by molar-refractivity contribution is 5.03. The molecular weight excluding hydrogens is 158 g/mol. The van der Waals surface area contributed by atoms with Gasteiger partial charge in [0.25, 0.3) is 5.56 Å². The SMILES string of the molecule is O=c1cc2n(c(=O)[nH]1)CCNC2. The van der Waals surface area contributed by atoms with Crippen LogP contribution in [-0.4, -0.2) is 16.1 Å². The second kappa shape index (κ2) is 2.60. The Morgan fingerprint density at radius 2 is 2.25 bits per heavy atom. The van der Waals surface area contributed by atoms with Crippen molar-refractivity contribution in [3.8, 4) is 0 Å². The lowest BCUT2D eigenvalue weighted by molar-refractivity contribution is 0.488. The van der Waals surface area contributed by atoms with Crippen LogP contribution in [0.5, 0.6) is 0 Å². The predicted octanol–water partition coefficient (Wildman–Crippen LogP) is -1.36. The van der Waals surface area contributed by atoms with E-state index in [9.17, 15) is 9.59 Å². The van der Waals surface area contributed by atoms with Gasteiger partial charge < -0.3 is 5.32 Å². The van der Waals surface area contributed by atoms with Crippen LogP contribution in [0.2, 0.25) is 0 Å². The first-order chi connectivity index (χ1) is 5.77. The number of nitrogens with one attached hydrogen (secondary N) is 2. The molecule has 12 heavy (non-hydrogen) atoms. The van der Waals surface area contributed by atoms with E-state index in [0.29, 0.717) is 13.1 Å². The van der Waals surface area contributed by atoms with E-state index in [2.05, 4.69) is 10.3 Å². The molecule has 1 aliphatic rings. The van der Waals surface area contributed by atoms with E-state index in [1.54, 1.807) is 4.57 Å². The fourth-order valence-electron chi connectivity index (χ4n) is 1.37. The summed E-state index contributed by atoms with van der Waals surface area (Å²) in [5, 5.41) is 3.08. The van der Waals surface area contributed by atoms with Crippen molar-refractivity contribution in [2.24, 2.45) is 0 Å². The molecular formula is C7H9N3O2. The van der Waals surface area contributed by atoms with E-state index in [1.807, 2.05) is 0 Å². The summed E-state index contributed by atoms with van der Waals surface area (Å²) in [7, 11) is 0. The van der Waals surface area contributed by atoms with Gasteiger partial charge in [-0.15, -0.1) is 0 Å². The van der Waals surface area contributed by atoms with Crippen LogP contribution in [0.25, 0.3) is 0 Å². The van der Waals surface area contributed by atoms with Crippen LogP contribution in [0.1, 0.15) is 5.69 Å². The van der Waals surface area contributed by atoms with Gasteiger partial charge in [0, 0.05) is 31.4 Å². The minimum absolute atomic E-state index is 0.306. The van der Waals surface area contributed by atoms with Gasteiger partial charge in [-0.1, -0.05) is 0 Å². The van der Waals surface area contributed by atoms with Crippen LogP contribution in [0.15, 0.2) is 15.7 Å². The molecule has 5 heteroatoms. The highest BCUT2D eigenvalue weighted by Crippen LogP contribution is 1.95. The molecule has 2 rings (SSSR count). The summed E-state index contributed by atoms with van der Waals surface area (Å²) in [4.78, 5) is 24.3.